The van der Waals surface area contributed by atoms with Crippen LogP contribution in [0, 0.1) is 0 Å². The average molecular weight is 284 g/mol. The number of alkyl halides is 1. The number of hydrogen-bond acceptors (Lipinski definition) is 2. The van der Waals surface area contributed by atoms with Gasteiger partial charge in [-0.1, -0.05) is 30.3 Å². The van der Waals surface area contributed by atoms with E-state index in [4.69, 9.17) is 16.3 Å². The van der Waals surface area contributed by atoms with Crippen LogP contribution in [0.1, 0.15) is 24.8 Å². The van der Waals surface area contributed by atoms with Gasteiger partial charge in [0.25, 0.3) is 0 Å². The average Bonchev–Trinajstić information content (AvgIpc) is 2.44. The van der Waals surface area contributed by atoms with Crippen molar-refractivity contribution in [2.45, 2.75) is 25.7 Å². The molecule has 0 saturated carbocycles. The van der Waals surface area contributed by atoms with Gasteiger partial charge in [-0.15, -0.1) is 11.6 Å². The number of ether oxygens (including phenoxy) is 1. The molecule has 3 nitrogen and oxygen atoms in total. The number of aryl methyl sites for hydroxylation is 1. The fraction of sp³-hybridized carbons (Fsp3) is 0.533. The molecule has 1 aromatic rings. The molecule has 4 heteroatoms. The summed E-state index contributed by atoms with van der Waals surface area (Å²) in [5.41, 5.74) is 1.28. The van der Waals surface area contributed by atoms with E-state index in [0.717, 1.165) is 19.3 Å². The highest BCUT2D eigenvalue weighted by Gasteiger charge is 2.00. The topological polar surface area (TPSA) is 38.3 Å². The lowest BCUT2D eigenvalue weighted by atomic mass is 10.1. The van der Waals surface area contributed by atoms with Gasteiger partial charge in [-0.25, -0.2) is 0 Å². The summed E-state index contributed by atoms with van der Waals surface area (Å²) in [5.74, 6) is 0.638. The molecule has 0 spiro atoms. The molecule has 1 rings (SSSR count). The molecule has 1 N–H and O–H groups in total. The van der Waals surface area contributed by atoms with Gasteiger partial charge in [-0.3, -0.25) is 4.79 Å². The molecule has 19 heavy (non-hydrogen) atoms. The zero-order valence-electron chi connectivity index (χ0n) is 11.2. The highest BCUT2D eigenvalue weighted by Crippen LogP contribution is 2.04. The number of carbonyl (C=O) groups is 1. The lowest BCUT2D eigenvalue weighted by Gasteiger charge is -2.05. The molecule has 0 aliphatic carbocycles. The largest absolute Gasteiger partial charge is 0.380 e. The maximum atomic E-state index is 11.5. The molecule has 0 heterocycles. The maximum absolute atomic E-state index is 11.5. The molecule has 0 aromatic heterocycles. The first kappa shape index (κ1) is 16.0. The third kappa shape index (κ3) is 8.62. The second-order valence-electron chi connectivity index (χ2n) is 4.34. The molecule has 0 unspecified atom stereocenters. The molecule has 0 aliphatic rings. The summed E-state index contributed by atoms with van der Waals surface area (Å²) in [6, 6.07) is 10.2. The zero-order valence-corrected chi connectivity index (χ0v) is 12.0. The van der Waals surface area contributed by atoms with Gasteiger partial charge >= 0.3 is 0 Å². The Bertz CT molecular complexity index is 343. The van der Waals surface area contributed by atoms with Crippen LogP contribution >= 0.6 is 11.6 Å². The second kappa shape index (κ2) is 10.8. The van der Waals surface area contributed by atoms with E-state index in [1.54, 1.807) is 0 Å². The monoisotopic (exact) mass is 283 g/mol. The molecule has 106 valence electrons. The molecule has 0 bridgehead atoms. The van der Waals surface area contributed by atoms with Crippen molar-refractivity contribution in [3.63, 3.8) is 0 Å². The first-order chi connectivity index (χ1) is 9.33. The van der Waals surface area contributed by atoms with Crippen LogP contribution in [0.25, 0.3) is 0 Å². The van der Waals surface area contributed by atoms with Crippen LogP contribution in [0.15, 0.2) is 30.3 Å². The minimum atomic E-state index is 0.119. The molecular formula is C15H22ClNO2. The molecule has 0 saturated heterocycles. The third-order valence-electron chi connectivity index (χ3n) is 2.72. The fourth-order valence-corrected chi connectivity index (χ4v) is 1.85. The van der Waals surface area contributed by atoms with Gasteiger partial charge < -0.3 is 10.1 Å². The van der Waals surface area contributed by atoms with E-state index in [0.29, 0.717) is 32.1 Å². The van der Waals surface area contributed by atoms with Crippen molar-refractivity contribution in [3.05, 3.63) is 35.9 Å². The van der Waals surface area contributed by atoms with Crippen LogP contribution in [0.2, 0.25) is 0 Å². The van der Waals surface area contributed by atoms with E-state index in [1.807, 2.05) is 18.2 Å². The van der Waals surface area contributed by atoms with Gasteiger partial charge in [0.05, 0.1) is 6.61 Å². The summed E-state index contributed by atoms with van der Waals surface area (Å²) in [7, 11) is 0. The third-order valence-corrected chi connectivity index (χ3v) is 2.88. The van der Waals surface area contributed by atoms with E-state index < -0.39 is 0 Å². The standard InChI is InChI=1S/C15H22ClNO2/c16-10-13-19-12-5-11-17-15(18)9-4-8-14-6-2-1-3-7-14/h1-3,6-7H,4-5,8-13H2,(H,17,18). The fourth-order valence-electron chi connectivity index (χ4n) is 1.74. The highest BCUT2D eigenvalue weighted by molar-refractivity contribution is 6.17. The minimum Gasteiger partial charge on any atom is -0.380 e. The Morgan fingerprint density at radius 2 is 1.95 bits per heavy atom. The van der Waals surface area contributed by atoms with E-state index >= 15 is 0 Å². The van der Waals surface area contributed by atoms with Crippen LogP contribution < -0.4 is 5.32 Å². The lowest BCUT2D eigenvalue weighted by molar-refractivity contribution is -0.121. The molecule has 1 aromatic carbocycles. The number of halogens is 1. The van der Waals surface area contributed by atoms with Crippen molar-refractivity contribution in [2.75, 3.05) is 25.6 Å². The van der Waals surface area contributed by atoms with E-state index in [9.17, 15) is 4.79 Å². The molecule has 0 fully saturated rings. The van der Waals surface area contributed by atoms with Crippen LogP contribution in [0.5, 0.6) is 0 Å². The van der Waals surface area contributed by atoms with Crippen LogP contribution in [-0.2, 0) is 16.0 Å². The molecule has 1 amide bonds. The van der Waals surface area contributed by atoms with Gasteiger partial charge in [0.15, 0.2) is 0 Å². The van der Waals surface area contributed by atoms with Gasteiger partial charge in [0, 0.05) is 25.5 Å². The lowest BCUT2D eigenvalue weighted by Crippen LogP contribution is -2.25. The molecule has 0 radical (unpaired) electrons. The number of nitrogens with one attached hydrogen (secondary N) is 1. The smallest absolute Gasteiger partial charge is 0.220 e. The summed E-state index contributed by atoms with van der Waals surface area (Å²) >= 11 is 5.48. The van der Waals surface area contributed by atoms with Crippen molar-refractivity contribution in [1.82, 2.24) is 5.32 Å². The van der Waals surface area contributed by atoms with E-state index in [2.05, 4.69) is 17.4 Å². The molecule has 0 aliphatic heterocycles. The van der Waals surface area contributed by atoms with Gasteiger partial charge in [0.2, 0.25) is 5.91 Å². The van der Waals surface area contributed by atoms with Crippen molar-refractivity contribution in [3.8, 4) is 0 Å². The SMILES string of the molecule is O=C(CCCc1ccccc1)NCCCOCCCl. The van der Waals surface area contributed by atoms with Gasteiger partial charge in [-0.05, 0) is 24.8 Å². The Balaban J connectivity index is 1.96. The van der Waals surface area contributed by atoms with Crippen molar-refractivity contribution in [1.29, 1.82) is 0 Å². The quantitative estimate of drug-likeness (QED) is 0.530. The van der Waals surface area contributed by atoms with Crippen molar-refractivity contribution < 1.29 is 9.53 Å². The number of benzene rings is 1. The molecule has 0 atom stereocenters. The summed E-state index contributed by atoms with van der Waals surface area (Å²) in [5, 5.41) is 2.89. The summed E-state index contributed by atoms with van der Waals surface area (Å²) in [6.07, 6.45) is 3.25. The minimum absolute atomic E-state index is 0.119. The summed E-state index contributed by atoms with van der Waals surface area (Å²) in [4.78, 5) is 11.5. The highest BCUT2D eigenvalue weighted by atomic mass is 35.5. The summed E-state index contributed by atoms with van der Waals surface area (Å²) in [6.45, 7) is 1.90. The Morgan fingerprint density at radius 3 is 2.68 bits per heavy atom. The predicted molar refractivity (Wildman–Crippen MR) is 78.5 cm³/mol. The van der Waals surface area contributed by atoms with E-state index in [1.165, 1.54) is 5.56 Å². The van der Waals surface area contributed by atoms with Crippen molar-refractivity contribution >= 4 is 17.5 Å². The number of carbonyl (C=O) groups excluding carboxylic acids is 1. The molecular weight excluding hydrogens is 262 g/mol. The van der Waals surface area contributed by atoms with Crippen LogP contribution in [0.4, 0.5) is 0 Å². The Kier molecular flexibility index (Phi) is 9.11. The van der Waals surface area contributed by atoms with Crippen molar-refractivity contribution in [2.24, 2.45) is 0 Å². The first-order valence-corrected chi connectivity index (χ1v) is 7.30. The van der Waals surface area contributed by atoms with Crippen LogP contribution in [0.3, 0.4) is 0 Å². The Morgan fingerprint density at radius 1 is 1.16 bits per heavy atom. The normalized spacial score (nSPS) is 10.4. The first-order valence-electron chi connectivity index (χ1n) is 6.77. The Hall–Kier alpha value is -1.06. The zero-order chi connectivity index (χ0) is 13.8. The predicted octanol–water partition coefficient (Wildman–Crippen LogP) is 2.77. The maximum Gasteiger partial charge on any atom is 0.220 e. The Labute approximate surface area is 120 Å². The van der Waals surface area contributed by atoms with Gasteiger partial charge in [-0.2, -0.15) is 0 Å². The second-order valence-corrected chi connectivity index (χ2v) is 4.72. The van der Waals surface area contributed by atoms with Crippen LogP contribution in [-0.4, -0.2) is 31.5 Å². The number of hydrogen-bond donors (Lipinski definition) is 1. The van der Waals surface area contributed by atoms with Gasteiger partial charge in [0.1, 0.15) is 0 Å². The summed E-state index contributed by atoms with van der Waals surface area (Å²) < 4.78 is 5.22. The number of amides is 1. The number of rotatable bonds is 10. The van der Waals surface area contributed by atoms with E-state index in [-0.39, 0.29) is 5.91 Å².